The molecule has 0 fully saturated rings. The summed E-state index contributed by atoms with van der Waals surface area (Å²) in [4.78, 5) is 20.8. The number of amides is 1. The Kier molecular flexibility index (Phi) is 5.41. The van der Waals surface area contributed by atoms with E-state index in [2.05, 4.69) is 10.0 Å². The van der Waals surface area contributed by atoms with Crippen molar-refractivity contribution in [1.29, 1.82) is 0 Å². The molecule has 0 aliphatic rings. The summed E-state index contributed by atoms with van der Waals surface area (Å²) < 4.78 is 45.9. The number of ether oxygens (including phenoxy) is 1. The van der Waals surface area contributed by atoms with E-state index >= 15 is 0 Å². The lowest BCUT2D eigenvalue weighted by Crippen LogP contribution is -2.15. The fourth-order valence-corrected chi connectivity index (χ4v) is 3.31. The van der Waals surface area contributed by atoms with Gasteiger partial charge in [0.2, 0.25) is 5.91 Å². The largest absolute Gasteiger partial charge is 0.495 e. The number of carbonyl (C=O) groups is 1. The van der Waals surface area contributed by atoms with Crippen molar-refractivity contribution in [3.05, 3.63) is 52.3 Å². The number of sulfonamides is 1. The van der Waals surface area contributed by atoms with E-state index < -0.39 is 37.3 Å². The Morgan fingerprint density at radius 1 is 1.23 bits per heavy atom. The molecule has 0 saturated carbocycles. The smallest absolute Gasteiger partial charge is 0.271 e. The van der Waals surface area contributed by atoms with Gasteiger partial charge in [-0.1, -0.05) is 0 Å². The van der Waals surface area contributed by atoms with Crippen LogP contribution in [0, 0.1) is 15.9 Å². The second-order valence-corrected chi connectivity index (χ2v) is 6.72. The third-order valence-electron chi connectivity index (χ3n) is 3.18. The number of benzene rings is 2. The molecule has 0 bridgehead atoms. The molecule has 0 aliphatic heterocycles. The molecule has 26 heavy (non-hydrogen) atoms. The number of anilines is 2. The number of nitro groups is 1. The number of carbonyl (C=O) groups excluding carboxylic acids is 1. The summed E-state index contributed by atoms with van der Waals surface area (Å²) in [6.07, 6.45) is 0. The van der Waals surface area contributed by atoms with Gasteiger partial charge in [-0.15, -0.1) is 0 Å². The van der Waals surface area contributed by atoms with Crippen molar-refractivity contribution in [2.75, 3.05) is 17.1 Å². The van der Waals surface area contributed by atoms with E-state index in [-0.39, 0.29) is 17.1 Å². The van der Waals surface area contributed by atoms with E-state index in [0.717, 1.165) is 36.4 Å². The van der Waals surface area contributed by atoms with Gasteiger partial charge < -0.3 is 10.1 Å². The molecular weight excluding hydrogens is 369 g/mol. The SMILES string of the molecule is COc1ccc([N+](=O)[O-])cc1S(=O)(=O)Nc1ccc(F)c(NC(C)=O)c1. The molecule has 0 heterocycles. The van der Waals surface area contributed by atoms with Crippen LogP contribution in [0.5, 0.6) is 5.75 Å². The second-order valence-electron chi connectivity index (χ2n) is 5.07. The first-order valence-corrected chi connectivity index (χ1v) is 8.55. The van der Waals surface area contributed by atoms with E-state index in [1.807, 2.05) is 0 Å². The van der Waals surface area contributed by atoms with Gasteiger partial charge in [-0.3, -0.25) is 19.6 Å². The van der Waals surface area contributed by atoms with E-state index in [1.54, 1.807) is 0 Å². The number of hydrogen-bond donors (Lipinski definition) is 2. The summed E-state index contributed by atoms with van der Waals surface area (Å²) in [5, 5.41) is 13.1. The first-order valence-electron chi connectivity index (χ1n) is 7.06. The van der Waals surface area contributed by atoms with Crippen molar-refractivity contribution >= 4 is 33.0 Å². The number of methoxy groups -OCH3 is 1. The van der Waals surface area contributed by atoms with Crippen LogP contribution in [0.1, 0.15) is 6.92 Å². The fourth-order valence-electron chi connectivity index (χ4n) is 2.07. The molecule has 0 radical (unpaired) electrons. The zero-order valence-corrected chi connectivity index (χ0v) is 14.5. The minimum Gasteiger partial charge on any atom is -0.495 e. The van der Waals surface area contributed by atoms with Crippen LogP contribution in [0.15, 0.2) is 41.3 Å². The Morgan fingerprint density at radius 3 is 2.50 bits per heavy atom. The van der Waals surface area contributed by atoms with Gasteiger partial charge >= 0.3 is 0 Å². The Bertz CT molecular complexity index is 977. The van der Waals surface area contributed by atoms with Crippen LogP contribution >= 0.6 is 0 Å². The normalized spacial score (nSPS) is 10.9. The van der Waals surface area contributed by atoms with Gasteiger partial charge in [-0.05, 0) is 24.3 Å². The fraction of sp³-hybridized carbons (Fsp3) is 0.133. The average Bonchev–Trinajstić information content (AvgIpc) is 2.56. The van der Waals surface area contributed by atoms with Crippen LogP contribution in [0.3, 0.4) is 0 Å². The summed E-state index contributed by atoms with van der Waals surface area (Å²) in [6.45, 7) is 1.17. The maximum Gasteiger partial charge on any atom is 0.271 e. The van der Waals surface area contributed by atoms with E-state index in [4.69, 9.17) is 4.74 Å². The van der Waals surface area contributed by atoms with Crippen LogP contribution in [-0.2, 0) is 14.8 Å². The molecule has 0 unspecified atom stereocenters. The molecule has 0 aliphatic carbocycles. The average molecular weight is 383 g/mol. The van der Waals surface area contributed by atoms with Crippen molar-refractivity contribution < 1.29 is 27.3 Å². The molecule has 0 saturated heterocycles. The molecule has 138 valence electrons. The lowest BCUT2D eigenvalue weighted by molar-refractivity contribution is -0.385. The van der Waals surface area contributed by atoms with Gasteiger partial charge in [-0.25, -0.2) is 12.8 Å². The molecule has 0 atom stereocenters. The van der Waals surface area contributed by atoms with Crippen LogP contribution in [0.25, 0.3) is 0 Å². The van der Waals surface area contributed by atoms with Crippen molar-refractivity contribution in [1.82, 2.24) is 0 Å². The number of nitrogens with one attached hydrogen (secondary N) is 2. The van der Waals surface area contributed by atoms with Crippen molar-refractivity contribution in [2.24, 2.45) is 0 Å². The zero-order chi connectivity index (χ0) is 19.5. The first kappa shape index (κ1) is 19.1. The number of halogens is 1. The summed E-state index contributed by atoms with van der Waals surface area (Å²) in [6, 6.07) is 6.29. The minimum absolute atomic E-state index is 0.0521. The maximum absolute atomic E-state index is 13.7. The highest BCUT2D eigenvalue weighted by Gasteiger charge is 2.23. The Labute approximate surface area is 148 Å². The van der Waals surface area contributed by atoms with Crippen molar-refractivity contribution in [2.45, 2.75) is 11.8 Å². The molecule has 2 rings (SSSR count). The molecule has 0 aromatic heterocycles. The van der Waals surface area contributed by atoms with E-state index in [0.29, 0.717) is 0 Å². The highest BCUT2D eigenvalue weighted by atomic mass is 32.2. The van der Waals surface area contributed by atoms with Crippen molar-refractivity contribution in [3.8, 4) is 5.75 Å². The molecular formula is C15H14FN3O6S. The standard InChI is InChI=1S/C15H14FN3O6S/c1-9(20)17-13-7-10(3-5-12(13)16)18-26(23,24)15-8-11(19(21)22)4-6-14(15)25-2/h3-8,18H,1-2H3,(H,17,20). The van der Waals surface area contributed by atoms with Gasteiger partial charge in [0.05, 0.1) is 23.4 Å². The zero-order valence-electron chi connectivity index (χ0n) is 13.6. The monoisotopic (exact) mass is 383 g/mol. The molecule has 2 N–H and O–H groups in total. The topological polar surface area (TPSA) is 128 Å². The van der Waals surface area contributed by atoms with Gasteiger partial charge in [0, 0.05) is 19.1 Å². The van der Waals surface area contributed by atoms with Crippen LogP contribution in [0.4, 0.5) is 21.5 Å². The Balaban J connectivity index is 2.45. The lowest BCUT2D eigenvalue weighted by Gasteiger charge is -2.13. The summed E-state index contributed by atoms with van der Waals surface area (Å²) in [7, 11) is -3.07. The van der Waals surface area contributed by atoms with E-state index in [9.17, 15) is 27.7 Å². The van der Waals surface area contributed by atoms with Crippen LogP contribution in [0.2, 0.25) is 0 Å². The molecule has 1 amide bonds. The Hall–Kier alpha value is -3.21. The van der Waals surface area contributed by atoms with Crippen LogP contribution in [-0.4, -0.2) is 26.4 Å². The maximum atomic E-state index is 13.7. The van der Waals surface area contributed by atoms with Gasteiger partial charge in [0.25, 0.3) is 15.7 Å². The third-order valence-corrected chi connectivity index (χ3v) is 4.58. The second kappa shape index (κ2) is 7.35. The molecule has 0 spiro atoms. The first-order chi connectivity index (χ1) is 12.1. The molecule has 9 nitrogen and oxygen atoms in total. The highest BCUT2D eigenvalue weighted by molar-refractivity contribution is 7.92. The number of nitro benzene ring substituents is 1. The number of non-ortho nitro benzene ring substituents is 1. The Morgan fingerprint density at radius 2 is 1.92 bits per heavy atom. The quantitative estimate of drug-likeness (QED) is 0.583. The number of rotatable bonds is 6. The van der Waals surface area contributed by atoms with Gasteiger partial charge in [0.1, 0.15) is 16.5 Å². The highest BCUT2D eigenvalue weighted by Crippen LogP contribution is 2.30. The summed E-state index contributed by atoms with van der Waals surface area (Å²) >= 11 is 0. The predicted octanol–water partition coefficient (Wildman–Crippen LogP) is 2.50. The molecule has 2 aromatic rings. The lowest BCUT2D eigenvalue weighted by atomic mass is 10.2. The molecule has 11 heteroatoms. The minimum atomic E-state index is -4.28. The third kappa shape index (κ3) is 4.25. The van der Waals surface area contributed by atoms with Crippen molar-refractivity contribution in [3.63, 3.8) is 0 Å². The van der Waals surface area contributed by atoms with E-state index in [1.165, 1.54) is 14.0 Å². The van der Waals surface area contributed by atoms with Gasteiger partial charge in [0.15, 0.2) is 0 Å². The summed E-state index contributed by atoms with van der Waals surface area (Å²) in [5.74, 6) is -1.40. The summed E-state index contributed by atoms with van der Waals surface area (Å²) in [5.41, 5.74) is -0.711. The molecule has 2 aromatic carbocycles. The van der Waals surface area contributed by atoms with Gasteiger partial charge in [-0.2, -0.15) is 0 Å². The van der Waals surface area contributed by atoms with Crippen LogP contribution < -0.4 is 14.8 Å². The number of nitrogens with zero attached hydrogens (tertiary/aromatic N) is 1. The predicted molar refractivity (Wildman–Crippen MR) is 91.2 cm³/mol. The number of hydrogen-bond acceptors (Lipinski definition) is 6.